The Kier molecular flexibility index (Phi) is 5.42. The Hall–Kier alpha value is -3.80. The summed E-state index contributed by atoms with van der Waals surface area (Å²) < 4.78 is 0. The lowest BCUT2D eigenvalue weighted by Gasteiger charge is -2.11. The first-order chi connectivity index (χ1) is 14.2. The van der Waals surface area contributed by atoms with Crippen molar-refractivity contribution < 1.29 is 4.79 Å². The van der Waals surface area contributed by atoms with Crippen LogP contribution in [0.1, 0.15) is 16.7 Å². The first-order valence-electron chi connectivity index (χ1n) is 9.44. The number of hydrogen-bond donors (Lipinski definition) is 1. The fourth-order valence-corrected chi connectivity index (χ4v) is 3.17. The number of aromatic nitrogens is 4. The molecule has 6 heteroatoms. The number of benzene rings is 3. The van der Waals surface area contributed by atoms with Gasteiger partial charge in [-0.25, -0.2) is 0 Å². The zero-order valence-corrected chi connectivity index (χ0v) is 16.1. The van der Waals surface area contributed by atoms with Crippen molar-refractivity contribution in [3.63, 3.8) is 0 Å². The van der Waals surface area contributed by atoms with Crippen LogP contribution in [0.5, 0.6) is 0 Å². The van der Waals surface area contributed by atoms with E-state index < -0.39 is 0 Å². The van der Waals surface area contributed by atoms with Crippen LogP contribution in [-0.2, 0) is 17.8 Å². The molecule has 0 radical (unpaired) electrons. The van der Waals surface area contributed by atoms with Crippen LogP contribution < -0.4 is 5.32 Å². The van der Waals surface area contributed by atoms with Gasteiger partial charge in [-0.1, -0.05) is 72.8 Å². The molecule has 1 heterocycles. The van der Waals surface area contributed by atoms with Gasteiger partial charge in [0.15, 0.2) is 0 Å². The molecule has 0 fully saturated rings. The summed E-state index contributed by atoms with van der Waals surface area (Å²) in [5.41, 5.74) is 5.01. The molecule has 0 aliphatic carbocycles. The molecule has 3 aromatic carbocycles. The Balaban J connectivity index is 1.45. The molecular formula is C23H21N5O. The van der Waals surface area contributed by atoms with E-state index in [0.29, 0.717) is 5.82 Å². The third kappa shape index (κ3) is 4.55. The van der Waals surface area contributed by atoms with E-state index in [1.807, 2.05) is 73.7 Å². The summed E-state index contributed by atoms with van der Waals surface area (Å²) in [6.07, 6.45) is 0.746. The number of hydrogen-bond acceptors (Lipinski definition) is 4. The number of nitrogens with zero attached hydrogens (tertiary/aromatic N) is 4. The van der Waals surface area contributed by atoms with E-state index in [1.165, 1.54) is 10.4 Å². The Morgan fingerprint density at radius 2 is 1.66 bits per heavy atom. The number of anilines is 1. The highest BCUT2D eigenvalue weighted by Crippen LogP contribution is 2.20. The number of amides is 1. The Bertz CT molecular complexity index is 1120. The Labute approximate surface area is 169 Å². The fourth-order valence-electron chi connectivity index (χ4n) is 3.17. The fraction of sp³-hybridized carbons (Fsp3) is 0.130. The van der Waals surface area contributed by atoms with Crippen LogP contribution in [0.25, 0.3) is 11.4 Å². The van der Waals surface area contributed by atoms with Crippen LogP contribution in [-0.4, -0.2) is 26.1 Å². The number of carbonyl (C=O) groups is 1. The second-order valence-corrected chi connectivity index (χ2v) is 6.83. The van der Waals surface area contributed by atoms with Gasteiger partial charge in [0, 0.05) is 11.3 Å². The third-order valence-corrected chi connectivity index (χ3v) is 4.65. The molecule has 0 spiro atoms. The van der Waals surface area contributed by atoms with Gasteiger partial charge < -0.3 is 5.32 Å². The number of aryl methyl sites for hydroxylation is 1. The van der Waals surface area contributed by atoms with E-state index >= 15 is 0 Å². The Morgan fingerprint density at radius 3 is 2.48 bits per heavy atom. The standard InChI is InChI=1S/C23H21N5O/c1-17-9-5-7-13-20(17)23-25-27-28(26-23)16-22(29)24-21-14-8-6-12-19(21)15-18-10-3-2-4-11-18/h2-14H,15-16H2,1H3,(H,24,29). The van der Waals surface area contributed by atoms with Crippen LogP contribution in [0.3, 0.4) is 0 Å². The van der Waals surface area contributed by atoms with Gasteiger partial charge in [-0.05, 0) is 41.3 Å². The second-order valence-electron chi connectivity index (χ2n) is 6.83. The van der Waals surface area contributed by atoms with E-state index in [1.54, 1.807) is 0 Å². The summed E-state index contributed by atoms with van der Waals surface area (Å²) in [6, 6.07) is 25.8. The molecule has 0 saturated heterocycles. The predicted octanol–water partition coefficient (Wildman–Crippen LogP) is 3.88. The van der Waals surface area contributed by atoms with Crippen LogP contribution in [0.2, 0.25) is 0 Å². The zero-order valence-electron chi connectivity index (χ0n) is 16.1. The third-order valence-electron chi connectivity index (χ3n) is 4.65. The molecule has 0 unspecified atom stereocenters. The first kappa shape index (κ1) is 18.6. The molecule has 0 bridgehead atoms. The molecule has 144 valence electrons. The van der Waals surface area contributed by atoms with Gasteiger partial charge >= 0.3 is 0 Å². The van der Waals surface area contributed by atoms with E-state index in [-0.39, 0.29) is 12.5 Å². The van der Waals surface area contributed by atoms with E-state index in [2.05, 4.69) is 32.9 Å². The van der Waals surface area contributed by atoms with Crippen LogP contribution >= 0.6 is 0 Å². The maximum absolute atomic E-state index is 12.6. The predicted molar refractivity (Wildman–Crippen MR) is 112 cm³/mol. The number of tetrazole rings is 1. The largest absolute Gasteiger partial charge is 0.324 e. The lowest BCUT2D eigenvalue weighted by molar-refractivity contribution is -0.117. The molecule has 0 aliphatic rings. The van der Waals surface area contributed by atoms with Gasteiger partial charge in [0.1, 0.15) is 6.54 Å². The molecule has 1 amide bonds. The Morgan fingerprint density at radius 1 is 0.931 bits per heavy atom. The summed E-state index contributed by atoms with van der Waals surface area (Å²) >= 11 is 0. The highest BCUT2D eigenvalue weighted by atomic mass is 16.2. The van der Waals surface area contributed by atoms with Crippen molar-refractivity contribution >= 4 is 11.6 Å². The molecule has 6 nitrogen and oxygen atoms in total. The number of carbonyl (C=O) groups excluding carboxylic acids is 1. The van der Waals surface area contributed by atoms with Crippen molar-refractivity contribution in [2.45, 2.75) is 19.9 Å². The van der Waals surface area contributed by atoms with Crippen LogP contribution in [0.15, 0.2) is 78.9 Å². The van der Waals surface area contributed by atoms with Crippen molar-refractivity contribution in [2.24, 2.45) is 0 Å². The monoisotopic (exact) mass is 383 g/mol. The highest BCUT2D eigenvalue weighted by molar-refractivity contribution is 5.91. The van der Waals surface area contributed by atoms with Crippen molar-refractivity contribution in [1.82, 2.24) is 20.2 Å². The SMILES string of the molecule is Cc1ccccc1-c1nnn(CC(=O)Nc2ccccc2Cc2ccccc2)n1. The van der Waals surface area contributed by atoms with Crippen molar-refractivity contribution in [1.29, 1.82) is 0 Å². The second kappa shape index (κ2) is 8.48. The summed E-state index contributed by atoms with van der Waals surface area (Å²) in [5, 5.41) is 15.4. The lowest BCUT2D eigenvalue weighted by atomic mass is 10.0. The number of para-hydroxylation sites is 1. The summed E-state index contributed by atoms with van der Waals surface area (Å²) in [7, 11) is 0. The summed E-state index contributed by atoms with van der Waals surface area (Å²) in [6.45, 7) is 1.99. The molecule has 0 aliphatic heterocycles. The molecule has 0 saturated carbocycles. The maximum atomic E-state index is 12.6. The molecule has 4 aromatic rings. The molecule has 4 rings (SSSR count). The van der Waals surface area contributed by atoms with E-state index in [9.17, 15) is 4.79 Å². The van der Waals surface area contributed by atoms with E-state index in [0.717, 1.165) is 28.8 Å². The lowest BCUT2D eigenvalue weighted by Crippen LogP contribution is -2.21. The van der Waals surface area contributed by atoms with Crippen LogP contribution in [0.4, 0.5) is 5.69 Å². The topological polar surface area (TPSA) is 72.7 Å². The normalized spacial score (nSPS) is 10.7. The molecule has 29 heavy (non-hydrogen) atoms. The maximum Gasteiger partial charge on any atom is 0.248 e. The van der Waals surface area contributed by atoms with Crippen molar-refractivity contribution in [2.75, 3.05) is 5.32 Å². The molecular weight excluding hydrogens is 362 g/mol. The minimum Gasteiger partial charge on any atom is -0.324 e. The minimum absolute atomic E-state index is 0.00144. The summed E-state index contributed by atoms with van der Waals surface area (Å²) in [4.78, 5) is 13.9. The van der Waals surface area contributed by atoms with Gasteiger partial charge in [-0.15, -0.1) is 10.2 Å². The average molecular weight is 383 g/mol. The van der Waals surface area contributed by atoms with Crippen LogP contribution in [0, 0.1) is 6.92 Å². The highest BCUT2D eigenvalue weighted by Gasteiger charge is 2.12. The first-order valence-corrected chi connectivity index (χ1v) is 9.44. The van der Waals surface area contributed by atoms with E-state index in [4.69, 9.17) is 0 Å². The van der Waals surface area contributed by atoms with Gasteiger partial charge in [0.2, 0.25) is 11.7 Å². The van der Waals surface area contributed by atoms with Gasteiger partial charge in [-0.2, -0.15) is 4.80 Å². The van der Waals surface area contributed by atoms with Gasteiger partial charge in [0.05, 0.1) is 0 Å². The quantitative estimate of drug-likeness (QED) is 0.548. The number of rotatable bonds is 6. The van der Waals surface area contributed by atoms with Crippen molar-refractivity contribution in [3.05, 3.63) is 95.6 Å². The van der Waals surface area contributed by atoms with Gasteiger partial charge in [0.25, 0.3) is 0 Å². The van der Waals surface area contributed by atoms with Gasteiger partial charge in [-0.3, -0.25) is 4.79 Å². The summed E-state index contributed by atoms with van der Waals surface area (Å²) in [5.74, 6) is 0.319. The number of nitrogens with one attached hydrogen (secondary N) is 1. The molecule has 0 atom stereocenters. The minimum atomic E-state index is -0.195. The van der Waals surface area contributed by atoms with Crippen molar-refractivity contribution in [3.8, 4) is 11.4 Å². The molecule has 1 N–H and O–H groups in total. The smallest absolute Gasteiger partial charge is 0.248 e. The average Bonchev–Trinajstić information content (AvgIpc) is 3.18. The molecule has 1 aromatic heterocycles. The zero-order chi connectivity index (χ0) is 20.1.